The van der Waals surface area contributed by atoms with Crippen LogP contribution in [0.15, 0.2) is 35.3 Å². The van der Waals surface area contributed by atoms with Crippen LogP contribution in [0.4, 0.5) is 5.69 Å². The molecule has 0 aliphatic carbocycles. The van der Waals surface area contributed by atoms with Crippen molar-refractivity contribution in [3.8, 4) is 23.0 Å². The van der Waals surface area contributed by atoms with Crippen LogP contribution in [0.25, 0.3) is 0 Å². The average molecular weight is 541 g/mol. The number of sulfone groups is 1. The second-order valence-corrected chi connectivity index (χ2v) is 11.8. The van der Waals surface area contributed by atoms with Crippen molar-refractivity contribution < 1.29 is 32.2 Å². The molecule has 0 N–H and O–H groups in total. The minimum atomic E-state index is -3.23. The third-order valence-electron chi connectivity index (χ3n) is 5.80. The number of nitrogens with zero attached hydrogens (tertiary/aromatic N) is 2. The Hall–Kier alpha value is -2.63. The number of ether oxygens (including phenoxy) is 4. The number of amides is 1. The lowest BCUT2D eigenvalue weighted by Crippen LogP contribution is -2.38. The van der Waals surface area contributed by atoms with Crippen LogP contribution < -0.4 is 23.8 Å². The van der Waals surface area contributed by atoms with Gasteiger partial charge in [-0.1, -0.05) is 29.4 Å². The molecule has 2 aliphatic rings. The fraction of sp³-hybridized carbons (Fsp3) is 0.391. The summed E-state index contributed by atoms with van der Waals surface area (Å²) in [6.45, 7) is 0. The number of carbonyl (C=O) groups is 1. The maximum atomic E-state index is 13.0. The minimum Gasteiger partial charge on any atom is -0.495 e. The number of aliphatic imine (C=N–C) groups is 1. The van der Waals surface area contributed by atoms with Crippen LogP contribution in [0.5, 0.6) is 23.0 Å². The van der Waals surface area contributed by atoms with Gasteiger partial charge in [0.15, 0.2) is 26.5 Å². The largest absolute Gasteiger partial charge is 0.495 e. The molecule has 12 heteroatoms. The number of hydrogen-bond acceptors (Lipinski definition) is 8. The fourth-order valence-corrected chi connectivity index (χ4v) is 8.35. The van der Waals surface area contributed by atoms with Gasteiger partial charge in [0.05, 0.1) is 63.1 Å². The Bertz CT molecular complexity index is 1280. The summed E-state index contributed by atoms with van der Waals surface area (Å²) < 4.78 is 46.1. The highest BCUT2D eigenvalue weighted by Gasteiger charge is 2.50. The molecule has 0 saturated carbocycles. The van der Waals surface area contributed by atoms with Crippen molar-refractivity contribution in [3.63, 3.8) is 0 Å². The van der Waals surface area contributed by atoms with Gasteiger partial charge in [0.25, 0.3) is 5.91 Å². The number of halogens is 1. The summed E-state index contributed by atoms with van der Waals surface area (Å²) in [5.74, 6) is 1.49. The zero-order valence-electron chi connectivity index (χ0n) is 19.6. The highest BCUT2D eigenvalue weighted by atomic mass is 35.5. The normalized spacial score (nSPS) is 21.6. The van der Waals surface area contributed by atoms with Gasteiger partial charge in [0.1, 0.15) is 11.5 Å². The van der Waals surface area contributed by atoms with Gasteiger partial charge >= 0.3 is 0 Å². The van der Waals surface area contributed by atoms with Crippen molar-refractivity contribution in [1.29, 1.82) is 0 Å². The standard InChI is InChI=1S/C23H25ClN2O7S2/c1-30-17-6-5-13(7-20(17)33-4)8-22(27)25-23-26(16-11-35(28,29)12-21(16)34-23)15-9-14(24)18(31-2)10-19(15)32-3/h5-7,9-10,16,21H,8,11-12H2,1-4H3/t16-,21+/m0/s1. The topological polar surface area (TPSA) is 104 Å². The van der Waals surface area contributed by atoms with E-state index < -0.39 is 15.9 Å². The molecule has 188 valence electrons. The van der Waals surface area contributed by atoms with Gasteiger partial charge < -0.3 is 23.8 Å². The van der Waals surface area contributed by atoms with Gasteiger partial charge in [0, 0.05) is 11.3 Å². The first-order chi connectivity index (χ1) is 16.7. The number of benzene rings is 2. The molecule has 35 heavy (non-hydrogen) atoms. The first kappa shape index (κ1) is 25.5. The third kappa shape index (κ3) is 5.17. The maximum Gasteiger partial charge on any atom is 0.252 e. The third-order valence-corrected chi connectivity index (χ3v) is 9.31. The molecular formula is C23H25ClN2O7S2. The summed E-state index contributed by atoms with van der Waals surface area (Å²) in [6.07, 6.45) is 0.0341. The molecule has 2 heterocycles. The second kappa shape index (κ2) is 10.2. The van der Waals surface area contributed by atoms with Gasteiger partial charge in [-0.05, 0) is 23.8 Å². The van der Waals surface area contributed by atoms with E-state index in [0.717, 1.165) is 0 Å². The van der Waals surface area contributed by atoms with Gasteiger partial charge in [-0.2, -0.15) is 4.99 Å². The molecule has 1 amide bonds. The monoisotopic (exact) mass is 540 g/mol. The second-order valence-electron chi connectivity index (χ2n) is 7.98. The van der Waals surface area contributed by atoms with Crippen LogP contribution in [-0.2, 0) is 21.1 Å². The Morgan fingerprint density at radius 1 is 1.00 bits per heavy atom. The molecule has 2 aromatic carbocycles. The number of amidine groups is 1. The number of fused-ring (bicyclic) bond motifs is 1. The molecule has 2 saturated heterocycles. The molecule has 2 aromatic rings. The predicted molar refractivity (Wildman–Crippen MR) is 137 cm³/mol. The summed E-state index contributed by atoms with van der Waals surface area (Å²) in [4.78, 5) is 19.1. The SMILES string of the molecule is COc1cc(OC)c(N2C(=NC(=O)Cc3ccc(OC)c(OC)c3)S[C@@H]3CS(=O)(=O)C[C@@H]32)cc1Cl. The zero-order chi connectivity index (χ0) is 25.3. The van der Waals surface area contributed by atoms with Crippen molar-refractivity contribution in [2.45, 2.75) is 17.7 Å². The van der Waals surface area contributed by atoms with Crippen LogP contribution >= 0.6 is 23.4 Å². The van der Waals surface area contributed by atoms with Crippen LogP contribution in [-0.4, -0.2) is 70.7 Å². The van der Waals surface area contributed by atoms with E-state index in [0.29, 0.717) is 44.4 Å². The van der Waals surface area contributed by atoms with E-state index in [1.807, 2.05) is 0 Å². The first-order valence-corrected chi connectivity index (χ1v) is 13.7. The van der Waals surface area contributed by atoms with Crippen molar-refractivity contribution in [3.05, 3.63) is 40.9 Å². The molecule has 2 atom stereocenters. The maximum absolute atomic E-state index is 13.0. The number of thioether (sulfide) groups is 1. The van der Waals surface area contributed by atoms with Crippen LogP contribution in [0.2, 0.25) is 5.02 Å². The Labute approximate surface area is 213 Å². The summed E-state index contributed by atoms with van der Waals surface area (Å²) in [5, 5.41) is 0.465. The van der Waals surface area contributed by atoms with E-state index in [2.05, 4.69) is 4.99 Å². The average Bonchev–Trinajstić information content (AvgIpc) is 3.28. The molecular weight excluding hydrogens is 516 g/mol. The van der Waals surface area contributed by atoms with E-state index >= 15 is 0 Å². The van der Waals surface area contributed by atoms with Crippen LogP contribution in [0.3, 0.4) is 0 Å². The number of carbonyl (C=O) groups excluding carboxylic acids is 1. The Kier molecular flexibility index (Phi) is 7.39. The van der Waals surface area contributed by atoms with E-state index in [9.17, 15) is 13.2 Å². The summed E-state index contributed by atoms with van der Waals surface area (Å²) in [5.41, 5.74) is 1.23. The molecule has 0 unspecified atom stereocenters. The van der Waals surface area contributed by atoms with Crippen LogP contribution in [0, 0.1) is 0 Å². The van der Waals surface area contributed by atoms with E-state index in [4.69, 9.17) is 30.5 Å². The summed E-state index contributed by atoms with van der Waals surface area (Å²) in [7, 11) is 2.82. The lowest BCUT2D eigenvalue weighted by atomic mass is 10.1. The van der Waals surface area contributed by atoms with Gasteiger partial charge in [-0.3, -0.25) is 4.79 Å². The number of hydrogen-bond donors (Lipinski definition) is 0. The van der Waals surface area contributed by atoms with Crippen molar-refractivity contribution in [1.82, 2.24) is 0 Å². The Balaban J connectivity index is 1.70. The Morgan fingerprint density at radius 2 is 1.69 bits per heavy atom. The smallest absolute Gasteiger partial charge is 0.252 e. The summed E-state index contributed by atoms with van der Waals surface area (Å²) >= 11 is 7.66. The lowest BCUT2D eigenvalue weighted by Gasteiger charge is -2.27. The summed E-state index contributed by atoms with van der Waals surface area (Å²) in [6, 6.07) is 8.08. The molecule has 0 aromatic heterocycles. The lowest BCUT2D eigenvalue weighted by molar-refractivity contribution is -0.117. The highest BCUT2D eigenvalue weighted by molar-refractivity contribution is 8.16. The molecule has 4 rings (SSSR count). The number of rotatable bonds is 7. The number of methoxy groups -OCH3 is 4. The van der Waals surface area contributed by atoms with Gasteiger partial charge in [0.2, 0.25) is 0 Å². The molecule has 0 spiro atoms. The van der Waals surface area contributed by atoms with Gasteiger partial charge in [-0.15, -0.1) is 0 Å². The van der Waals surface area contributed by atoms with Crippen molar-refractivity contribution in [2.75, 3.05) is 44.8 Å². The highest BCUT2D eigenvalue weighted by Crippen LogP contribution is 2.46. The quantitative estimate of drug-likeness (QED) is 0.523. The predicted octanol–water partition coefficient (Wildman–Crippen LogP) is 3.22. The fourth-order valence-electron chi connectivity index (χ4n) is 4.19. The van der Waals surface area contributed by atoms with Crippen molar-refractivity contribution >= 4 is 50.0 Å². The van der Waals surface area contributed by atoms with Crippen molar-refractivity contribution in [2.24, 2.45) is 4.99 Å². The van der Waals surface area contributed by atoms with E-state index in [1.54, 1.807) is 35.2 Å². The van der Waals surface area contributed by atoms with Crippen LogP contribution in [0.1, 0.15) is 5.56 Å². The molecule has 2 fully saturated rings. The Morgan fingerprint density at radius 3 is 2.34 bits per heavy atom. The van der Waals surface area contributed by atoms with E-state index in [-0.39, 0.29) is 29.1 Å². The van der Waals surface area contributed by atoms with Gasteiger partial charge in [-0.25, -0.2) is 8.42 Å². The molecule has 0 radical (unpaired) electrons. The molecule has 0 bridgehead atoms. The number of anilines is 1. The minimum absolute atomic E-state index is 0.00786. The first-order valence-electron chi connectivity index (χ1n) is 10.6. The molecule has 2 aliphatic heterocycles. The van der Waals surface area contributed by atoms with E-state index in [1.165, 1.54) is 40.2 Å². The zero-order valence-corrected chi connectivity index (χ0v) is 22.0. The molecule has 9 nitrogen and oxygen atoms in total.